The minimum Gasteiger partial charge on any atom is -0.242 e. The maximum absolute atomic E-state index is 4.21. The van der Waals surface area contributed by atoms with Crippen molar-refractivity contribution in [2.24, 2.45) is 0 Å². The van der Waals surface area contributed by atoms with Gasteiger partial charge in [0.25, 0.3) is 0 Å². The van der Waals surface area contributed by atoms with Crippen LogP contribution in [-0.4, -0.2) is 40.8 Å². The maximum Gasteiger partial charge on any atom is 0.213 e. The van der Waals surface area contributed by atoms with Crippen molar-refractivity contribution in [2.75, 3.05) is 21.1 Å². The number of imidazole rings is 1. The predicted molar refractivity (Wildman–Crippen MR) is 50.6 cm³/mol. The minimum absolute atomic E-state index is 0.646. The Morgan fingerprint density at radius 3 is 2.69 bits per heavy atom. The van der Waals surface area contributed by atoms with Gasteiger partial charge in [-0.05, 0) is 0 Å². The summed E-state index contributed by atoms with van der Waals surface area (Å²) in [7, 11) is 6.18. The third-order valence-corrected chi connectivity index (χ3v) is 1.84. The van der Waals surface area contributed by atoms with Crippen molar-refractivity contribution in [3.63, 3.8) is 0 Å². The zero-order valence-corrected chi connectivity index (χ0v) is 7.97. The monoisotopic (exact) mass is 178 g/mol. The fourth-order valence-corrected chi connectivity index (χ4v) is 1.19. The molecule has 68 valence electrons. The highest BCUT2D eigenvalue weighted by Gasteiger charge is 2.15. The summed E-state index contributed by atoms with van der Waals surface area (Å²) in [5.74, 6) is 0. The number of quaternary nitrogens is 1. The van der Waals surface area contributed by atoms with E-state index in [4.69, 9.17) is 0 Å². The van der Waals surface area contributed by atoms with E-state index in [0.717, 1.165) is 11.2 Å². The van der Waals surface area contributed by atoms with Crippen molar-refractivity contribution in [1.29, 1.82) is 0 Å². The lowest BCUT2D eigenvalue weighted by atomic mass is 10.6. The molecule has 5 nitrogen and oxygen atoms in total. The van der Waals surface area contributed by atoms with Crippen LogP contribution < -0.4 is 4.59 Å². The Morgan fingerprint density at radius 1 is 1.23 bits per heavy atom. The van der Waals surface area contributed by atoms with Crippen molar-refractivity contribution in [3.05, 3.63) is 18.9 Å². The Kier molecular flexibility index (Phi) is 1.56. The first-order valence-electron chi connectivity index (χ1n) is 4.04. The molecule has 5 heteroatoms. The van der Waals surface area contributed by atoms with Gasteiger partial charge < -0.3 is 0 Å². The molecule has 2 aromatic heterocycles. The molecule has 2 rings (SSSR count). The lowest BCUT2D eigenvalue weighted by Crippen LogP contribution is -2.46. The highest BCUT2D eigenvalue weighted by molar-refractivity contribution is 5.68. The van der Waals surface area contributed by atoms with E-state index in [1.54, 1.807) is 12.5 Å². The third-order valence-electron chi connectivity index (χ3n) is 1.84. The summed E-state index contributed by atoms with van der Waals surface area (Å²) in [5, 5.41) is 0. The number of fused-ring (bicyclic) bond motifs is 1. The molecule has 0 spiro atoms. The van der Waals surface area contributed by atoms with Crippen LogP contribution in [0.5, 0.6) is 0 Å². The highest BCUT2D eigenvalue weighted by atomic mass is 15.7. The van der Waals surface area contributed by atoms with Crippen LogP contribution >= 0.6 is 0 Å². The molecular formula is C8H12N5+. The molecule has 0 amide bonds. The van der Waals surface area contributed by atoms with Gasteiger partial charge in [0.2, 0.25) is 5.65 Å². The van der Waals surface area contributed by atoms with Crippen LogP contribution in [0.4, 0.5) is 0 Å². The molecule has 0 unspecified atom stereocenters. The average Bonchev–Trinajstić information content (AvgIpc) is 2.45. The molecule has 0 saturated carbocycles. The second kappa shape index (κ2) is 2.50. The summed E-state index contributed by atoms with van der Waals surface area (Å²) in [4.78, 5) is 12.3. The first kappa shape index (κ1) is 8.12. The molecule has 0 saturated heterocycles. The van der Waals surface area contributed by atoms with Crippen LogP contribution in [0.2, 0.25) is 0 Å². The summed E-state index contributed by atoms with van der Waals surface area (Å²) in [6.45, 7) is 0. The lowest BCUT2D eigenvalue weighted by Gasteiger charge is -2.23. The van der Waals surface area contributed by atoms with Gasteiger partial charge in [-0.1, -0.05) is 0 Å². The average molecular weight is 178 g/mol. The zero-order chi connectivity index (χ0) is 9.47. The Morgan fingerprint density at radius 2 is 2.00 bits per heavy atom. The molecule has 0 atom stereocenters. The molecule has 0 bridgehead atoms. The second-order valence-corrected chi connectivity index (χ2v) is 3.76. The quantitative estimate of drug-likeness (QED) is 0.584. The third kappa shape index (κ3) is 1.27. The van der Waals surface area contributed by atoms with Gasteiger partial charge in [-0.3, -0.25) is 0 Å². The first-order valence-corrected chi connectivity index (χ1v) is 4.04. The molecule has 0 fully saturated rings. The predicted octanol–water partition coefficient (Wildman–Crippen LogP) is 0.155. The van der Waals surface area contributed by atoms with E-state index in [9.17, 15) is 0 Å². The zero-order valence-electron chi connectivity index (χ0n) is 7.97. The molecule has 0 radical (unpaired) electrons. The molecular weight excluding hydrogens is 166 g/mol. The number of rotatable bonds is 1. The minimum atomic E-state index is 0.646. The van der Waals surface area contributed by atoms with Crippen molar-refractivity contribution in [3.8, 4) is 0 Å². The van der Waals surface area contributed by atoms with Crippen LogP contribution in [-0.2, 0) is 0 Å². The highest BCUT2D eigenvalue weighted by Crippen LogP contribution is 2.08. The van der Waals surface area contributed by atoms with Crippen molar-refractivity contribution >= 4 is 11.2 Å². The van der Waals surface area contributed by atoms with E-state index in [-0.39, 0.29) is 0 Å². The Bertz CT molecular complexity index is 425. The SMILES string of the molecule is C[N+](C)(C)n1cnc2cncnc21. The van der Waals surface area contributed by atoms with Gasteiger partial charge >= 0.3 is 0 Å². The molecule has 0 aliphatic carbocycles. The molecule has 2 heterocycles. The largest absolute Gasteiger partial charge is 0.242 e. The second-order valence-electron chi connectivity index (χ2n) is 3.76. The Hall–Kier alpha value is -1.49. The van der Waals surface area contributed by atoms with E-state index in [0.29, 0.717) is 4.59 Å². The van der Waals surface area contributed by atoms with Gasteiger partial charge in [0.1, 0.15) is 18.2 Å². The summed E-state index contributed by atoms with van der Waals surface area (Å²) < 4.78 is 2.63. The van der Waals surface area contributed by atoms with Gasteiger partial charge in [0, 0.05) is 0 Å². The van der Waals surface area contributed by atoms with E-state index in [2.05, 4.69) is 36.1 Å². The molecule has 0 aliphatic rings. The summed E-state index contributed by atoms with van der Waals surface area (Å²) in [6, 6.07) is 0. The maximum atomic E-state index is 4.21. The smallest absolute Gasteiger partial charge is 0.213 e. The summed E-state index contributed by atoms with van der Waals surface area (Å²) >= 11 is 0. The van der Waals surface area contributed by atoms with Crippen molar-refractivity contribution < 1.29 is 0 Å². The van der Waals surface area contributed by atoms with Crippen LogP contribution in [0, 0.1) is 0 Å². The van der Waals surface area contributed by atoms with Gasteiger partial charge in [0.15, 0.2) is 0 Å². The lowest BCUT2D eigenvalue weighted by molar-refractivity contribution is 0.267. The van der Waals surface area contributed by atoms with E-state index >= 15 is 0 Å². The fraction of sp³-hybridized carbons (Fsp3) is 0.375. The van der Waals surface area contributed by atoms with E-state index in [1.807, 2.05) is 4.68 Å². The van der Waals surface area contributed by atoms with Gasteiger partial charge in [-0.15, -0.1) is 0 Å². The normalized spacial score (nSPS) is 12.2. The number of hydrogen-bond acceptors (Lipinski definition) is 3. The summed E-state index contributed by atoms with van der Waals surface area (Å²) in [5.41, 5.74) is 1.69. The van der Waals surface area contributed by atoms with E-state index in [1.165, 1.54) is 6.33 Å². The van der Waals surface area contributed by atoms with Crippen LogP contribution in [0.3, 0.4) is 0 Å². The van der Waals surface area contributed by atoms with Crippen LogP contribution in [0.25, 0.3) is 11.2 Å². The Labute approximate surface area is 76.2 Å². The molecule has 0 N–H and O–H groups in total. The fourth-order valence-electron chi connectivity index (χ4n) is 1.19. The van der Waals surface area contributed by atoms with Crippen LogP contribution in [0.15, 0.2) is 18.9 Å². The van der Waals surface area contributed by atoms with E-state index < -0.39 is 0 Å². The van der Waals surface area contributed by atoms with Crippen molar-refractivity contribution in [2.45, 2.75) is 0 Å². The molecule has 0 aliphatic heterocycles. The summed E-state index contributed by atoms with van der Waals surface area (Å²) in [6.07, 6.45) is 5.03. The van der Waals surface area contributed by atoms with Crippen molar-refractivity contribution in [1.82, 2.24) is 24.2 Å². The number of aromatic nitrogens is 4. The van der Waals surface area contributed by atoms with Gasteiger partial charge in [-0.2, -0.15) is 4.68 Å². The Balaban J connectivity index is 2.72. The molecule has 13 heavy (non-hydrogen) atoms. The van der Waals surface area contributed by atoms with Crippen LogP contribution in [0.1, 0.15) is 0 Å². The van der Waals surface area contributed by atoms with Gasteiger partial charge in [0.05, 0.1) is 27.3 Å². The molecule has 2 aromatic rings. The van der Waals surface area contributed by atoms with Gasteiger partial charge in [-0.25, -0.2) is 19.5 Å². The number of hydrogen-bond donors (Lipinski definition) is 0. The first-order chi connectivity index (χ1) is 6.09. The topological polar surface area (TPSA) is 43.6 Å². The molecule has 0 aromatic carbocycles. The number of nitrogens with zero attached hydrogens (tertiary/aromatic N) is 5. The standard InChI is InChI=1S/C8H12N5/c1-13(2,3)12-6-11-7-4-9-5-10-8(7)12/h4-6H,1-3H3/q+1.